The van der Waals surface area contributed by atoms with Gasteiger partial charge >= 0.3 is 0 Å². The summed E-state index contributed by atoms with van der Waals surface area (Å²) >= 11 is 16.7. The quantitative estimate of drug-likeness (QED) is 0.166. The second kappa shape index (κ2) is 10.3. The van der Waals surface area contributed by atoms with Crippen molar-refractivity contribution in [2.45, 2.75) is 20.1 Å². The van der Waals surface area contributed by atoms with Crippen molar-refractivity contribution in [3.05, 3.63) is 128 Å². The molecular weight excluding hydrogens is 637 g/mol. The molecule has 1 atom stereocenters. The average molecular weight is 657 g/mol. The van der Waals surface area contributed by atoms with E-state index in [1.807, 2.05) is 6.92 Å². The molecule has 0 radical (unpaired) electrons. The van der Waals surface area contributed by atoms with E-state index in [-0.39, 0.29) is 21.4 Å². The summed E-state index contributed by atoms with van der Waals surface area (Å²) in [4.78, 5) is 19.1. The first-order valence-corrected chi connectivity index (χ1v) is 13.9. The Balaban J connectivity index is 1.52. The van der Waals surface area contributed by atoms with E-state index < -0.39 is 23.4 Å². The zero-order valence-corrected chi connectivity index (χ0v) is 24.6. The maximum atomic E-state index is 15.4. The Labute approximate surface area is 251 Å². The van der Waals surface area contributed by atoms with Gasteiger partial charge in [-0.3, -0.25) is 9.36 Å². The second-order valence-electron chi connectivity index (χ2n) is 9.55. The molecule has 1 N–H and O–H groups in total. The fraction of sp³-hybridized carbons (Fsp3) is 0.100. The van der Waals surface area contributed by atoms with Gasteiger partial charge in [0.1, 0.15) is 11.0 Å². The van der Waals surface area contributed by atoms with Crippen LogP contribution in [-0.4, -0.2) is 14.7 Å². The van der Waals surface area contributed by atoms with Crippen LogP contribution in [0.25, 0.3) is 26.6 Å². The number of fused-ring (bicyclic) bond motifs is 2. The van der Waals surface area contributed by atoms with Crippen LogP contribution in [0, 0.1) is 18.6 Å². The molecule has 0 spiro atoms. The predicted octanol–water partition coefficient (Wildman–Crippen LogP) is 7.15. The third kappa shape index (κ3) is 4.44. The molecular formula is C30H20BrCl2F2N4O2+. The summed E-state index contributed by atoms with van der Waals surface area (Å²) in [6.45, 7) is 3.58. The molecule has 0 saturated carbocycles. The van der Waals surface area contributed by atoms with Crippen molar-refractivity contribution in [3.8, 4) is 11.4 Å². The van der Waals surface area contributed by atoms with Crippen molar-refractivity contribution in [1.82, 2.24) is 9.55 Å². The number of nitrogens with zero attached hydrogens (tertiary/aromatic N) is 4. The van der Waals surface area contributed by atoms with Crippen molar-refractivity contribution >= 4 is 60.1 Å². The summed E-state index contributed by atoms with van der Waals surface area (Å²) in [5, 5.41) is 12.5. The molecule has 0 aliphatic carbocycles. The van der Waals surface area contributed by atoms with Crippen molar-refractivity contribution in [1.29, 1.82) is 0 Å². The van der Waals surface area contributed by atoms with Crippen LogP contribution < -0.4 is 15.0 Å². The van der Waals surface area contributed by atoms with Gasteiger partial charge in [0.05, 0.1) is 16.6 Å². The first kappa shape index (κ1) is 27.5. The lowest BCUT2D eigenvalue weighted by atomic mass is 10.0. The van der Waals surface area contributed by atoms with Gasteiger partial charge in [-0.2, -0.15) is 4.39 Å². The standard InChI is InChI=1S/C30H20BrCl2F2N4O2/c1-15-13-17-9-11-36-27(32)24(17)29(40)38(15)20-7-8-22(35)23(14-20)37-12-10-21-25(28(37)33)30(41)39(16(2)26(21)31)19-5-3-18(34)4-6-19/h3-14,30,41H,1-2H3/q+1. The SMILES string of the molecule is CC1=C(Br)c2cc[n+](-c3cc(-n4c(C)cc5ccnc(Cl)c5c4=O)ccc3F)c(Cl)c2C(O)N1c1ccc(F)cc1. The molecule has 0 bridgehead atoms. The molecule has 1 aliphatic rings. The molecule has 0 saturated heterocycles. The highest BCUT2D eigenvalue weighted by Gasteiger charge is 2.37. The number of aryl methyl sites for hydroxylation is 1. The number of allylic oxidation sites excluding steroid dienone is 1. The van der Waals surface area contributed by atoms with Gasteiger partial charge in [0.15, 0.2) is 18.2 Å². The lowest BCUT2D eigenvalue weighted by molar-refractivity contribution is -0.596. The highest BCUT2D eigenvalue weighted by molar-refractivity contribution is 9.15. The monoisotopic (exact) mass is 655 g/mol. The lowest BCUT2D eigenvalue weighted by Crippen LogP contribution is -2.39. The molecule has 2 aromatic carbocycles. The number of aliphatic hydroxyl groups is 1. The van der Waals surface area contributed by atoms with Gasteiger partial charge in [-0.15, -0.1) is 4.57 Å². The van der Waals surface area contributed by atoms with Gasteiger partial charge < -0.3 is 10.0 Å². The molecule has 1 aliphatic heterocycles. The first-order chi connectivity index (χ1) is 19.6. The molecule has 0 amide bonds. The molecule has 4 heterocycles. The van der Waals surface area contributed by atoms with E-state index in [1.54, 1.807) is 48.4 Å². The highest BCUT2D eigenvalue weighted by atomic mass is 79.9. The zero-order valence-electron chi connectivity index (χ0n) is 21.5. The zero-order chi connectivity index (χ0) is 29.2. The fourth-order valence-electron chi connectivity index (χ4n) is 5.21. The van der Waals surface area contributed by atoms with E-state index in [4.69, 9.17) is 23.2 Å². The summed E-state index contributed by atoms with van der Waals surface area (Å²) < 4.78 is 32.5. The number of rotatable bonds is 3. The predicted molar refractivity (Wildman–Crippen MR) is 159 cm³/mol. The van der Waals surface area contributed by atoms with Gasteiger partial charge in [0.2, 0.25) is 5.69 Å². The van der Waals surface area contributed by atoms with Crippen molar-refractivity contribution in [2.75, 3.05) is 4.90 Å². The number of hydrogen-bond acceptors (Lipinski definition) is 4. The summed E-state index contributed by atoms with van der Waals surface area (Å²) in [5.74, 6) is -1.01. The van der Waals surface area contributed by atoms with E-state index in [9.17, 15) is 14.3 Å². The molecule has 6 rings (SSSR count). The molecule has 11 heteroatoms. The topological polar surface area (TPSA) is 62.2 Å². The van der Waals surface area contributed by atoms with Crippen LogP contribution >= 0.6 is 39.1 Å². The third-order valence-electron chi connectivity index (χ3n) is 7.16. The Kier molecular flexibility index (Phi) is 6.94. The molecule has 1 unspecified atom stereocenters. The molecule has 3 aromatic heterocycles. The number of anilines is 1. The van der Waals surface area contributed by atoms with E-state index in [2.05, 4.69) is 20.9 Å². The normalized spacial score (nSPS) is 15.0. The summed E-state index contributed by atoms with van der Waals surface area (Å²) in [6.07, 6.45) is 1.86. The minimum Gasteiger partial charge on any atom is -0.369 e. The van der Waals surface area contributed by atoms with Crippen molar-refractivity contribution < 1.29 is 18.5 Å². The first-order valence-electron chi connectivity index (χ1n) is 12.4. The Morgan fingerprint density at radius 2 is 1.71 bits per heavy atom. The fourth-order valence-corrected chi connectivity index (χ4v) is 6.34. The second-order valence-corrected chi connectivity index (χ2v) is 11.1. The van der Waals surface area contributed by atoms with Crippen LogP contribution in [0.3, 0.4) is 0 Å². The van der Waals surface area contributed by atoms with Crippen LogP contribution in [0.2, 0.25) is 10.3 Å². The number of aliphatic hydroxyl groups excluding tert-OH is 1. The smallest absolute Gasteiger partial charge is 0.289 e. The number of pyridine rings is 3. The largest absolute Gasteiger partial charge is 0.369 e. The van der Waals surface area contributed by atoms with Crippen molar-refractivity contribution in [3.63, 3.8) is 0 Å². The Bertz CT molecular complexity index is 1980. The number of halogens is 5. The third-order valence-corrected chi connectivity index (χ3v) is 8.83. The van der Waals surface area contributed by atoms with E-state index in [0.29, 0.717) is 43.8 Å². The molecule has 6 nitrogen and oxygen atoms in total. The van der Waals surface area contributed by atoms with Crippen LogP contribution in [0.4, 0.5) is 14.5 Å². The summed E-state index contributed by atoms with van der Waals surface area (Å²) in [7, 11) is 0. The van der Waals surface area contributed by atoms with Crippen LogP contribution in [-0.2, 0) is 0 Å². The van der Waals surface area contributed by atoms with Gasteiger partial charge in [0.25, 0.3) is 10.7 Å². The maximum absolute atomic E-state index is 15.4. The summed E-state index contributed by atoms with van der Waals surface area (Å²) in [6, 6.07) is 15.1. The number of aromatic nitrogens is 3. The van der Waals surface area contributed by atoms with Gasteiger partial charge in [-0.05, 0) is 95.3 Å². The molecule has 41 heavy (non-hydrogen) atoms. The summed E-state index contributed by atoms with van der Waals surface area (Å²) in [5.41, 5.74) is 2.81. The van der Waals surface area contributed by atoms with Crippen molar-refractivity contribution in [2.24, 2.45) is 0 Å². The Morgan fingerprint density at radius 1 is 1.00 bits per heavy atom. The van der Waals surface area contributed by atoms with E-state index in [0.717, 1.165) is 0 Å². The lowest BCUT2D eigenvalue weighted by Gasteiger charge is -2.36. The van der Waals surface area contributed by atoms with Gasteiger partial charge in [0, 0.05) is 45.5 Å². The van der Waals surface area contributed by atoms with Gasteiger partial charge in [-0.1, -0.05) is 11.6 Å². The van der Waals surface area contributed by atoms with E-state index in [1.165, 1.54) is 45.7 Å². The van der Waals surface area contributed by atoms with Crippen LogP contribution in [0.15, 0.2) is 83.5 Å². The Morgan fingerprint density at radius 3 is 2.44 bits per heavy atom. The molecule has 206 valence electrons. The van der Waals surface area contributed by atoms with Gasteiger partial charge in [-0.25, -0.2) is 9.37 Å². The number of benzene rings is 2. The number of hydrogen-bond donors (Lipinski definition) is 1. The van der Waals surface area contributed by atoms with E-state index >= 15 is 4.39 Å². The average Bonchev–Trinajstić information content (AvgIpc) is 2.93. The molecule has 0 fully saturated rings. The maximum Gasteiger partial charge on any atom is 0.289 e. The van der Waals surface area contributed by atoms with Crippen LogP contribution in [0.1, 0.15) is 30.0 Å². The minimum absolute atomic E-state index is 0.0532. The highest BCUT2D eigenvalue weighted by Crippen LogP contribution is 2.44. The molecule has 5 aromatic rings. The Hall–Kier alpha value is -3.63. The van der Waals surface area contributed by atoms with Crippen LogP contribution in [0.5, 0.6) is 0 Å². The minimum atomic E-state index is -1.26.